The SMILES string of the molecule is CC1(c2cc(C=C(F)c3cnc(Cl)cn3)ccc2F)CS(=O)(=O)C(C)(C)C(N)=N1. The maximum atomic E-state index is 14.6. The molecule has 1 atom stereocenters. The highest BCUT2D eigenvalue weighted by atomic mass is 35.5. The zero-order valence-corrected chi connectivity index (χ0v) is 17.5. The van der Waals surface area contributed by atoms with Gasteiger partial charge >= 0.3 is 0 Å². The Labute approximate surface area is 172 Å². The lowest BCUT2D eigenvalue weighted by atomic mass is 9.91. The van der Waals surface area contributed by atoms with Crippen molar-refractivity contribution in [3.63, 3.8) is 0 Å². The van der Waals surface area contributed by atoms with E-state index in [2.05, 4.69) is 15.0 Å². The Hall–Kier alpha value is -2.39. The molecule has 6 nitrogen and oxygen atoms in total. The normalized spacial score (nSPS) is 23.5. The first kappa shape index (κ1) is 21.3. The van der Waals surface area contributed by atoms with Gasteiger partial charge in [-0.05, 0) is 44.5 Å². The molecule has 2 N–H and O–H groups in total. The van der Waals surface area contributed by atoms with E-state index in [1.165, 1.54) is 45.3 Å². The van der Waals surface area contributed by atoms with Crippen LogP contribution >= 0.6 is 11.6 Å². The van der Waals surface area contributed by atoms with Crippen LogP contribution in [0.1, 0.15) is 37.6 Å². The molecule has 1 aromatic carbocycles. The summed E-state index contributed by atoms with van der Waals surface area (Å²) in [6, 6.07) is 3.84. The summed E-state index contributed by atoms with van der Waals surface area (Å²) in [6.07, 6.45) is 3.51. The van der Waals surface area contributed by atoms with Crippen molar-refractivity contribution in [3.05, 3.63) is 58.4 Å². The van der Waals surface area contributed by atoms with Crippen molar-refractivity contribution in [2.24, 2.45) is 10.7 Å². The molecule has 3 rings (SSSR count). The van der Waals surface area contributed by atoms with E-state index in [0.29, 0.717) is 5.56 Å². The first-order valence-corrected chi connectivity index (χ1v) is 10.6. The summed E-state index contributed by atoms with van der Waals surface area (Å²) in [5, 5.41) is 0.121. The number of hydrogen-bond donors (Lipinski definition) is 1. The molecule has 1 aliphatic rings. The highest BCUT2D eigenvalue weighted by Gasteiger charge is 2.49. The molecular formula is C19H19ClF2N4O2S. The number of aromatic nitrogens is 2. The van der Waals surface area contributed by atoms with Gasteiger partial charge in [0.1, 0.15) is 32.8 Å². The monoisotopic (exact) mass is 440 g/mol. The average Bonchev–Trinajstić information content (AvgIpc) is 2.62. The molecule has 0 saturated carbocycles. The summed E-state index contributed by atoms with van der Waals surface area (Å²) < 4.78 is 53.2. The molecule has 29 heavy (non-hydrogen) atoms. The highest BCUT2D eigenvalue weighted by Crippen LogP contribution is 2.38. The Balaban J connectivity index is 2.07. The second-order valence-corrected chi connectivity index (χ2v) is 10.4. The third kappa shape index (κ3) is 3.89. The van der Waals surface area contributed by atoms with Gasteiger partial charge < -0.3 is 5.73 Å². The van der Waals surface area contributed by atoms with Gasteiger partial charge in [0.05, 0.1) is 18.1 Å². The van der Waals surface area contributed by atoms with Gasteiger partial charge in [0, 0.05) is 5.56 Å². The predicted molar refractivity (Wildman–Crippen MR) is 109 cm³/mol. The van der Waals surface area contributed by atoms with Crippen LogP contribution < -0.4 is 5.73 Å². The zero-order chi connectivity index (χ0) is 21.6. The van der Waals surface area contributed by atoms with E-state index in [1.54, 1.807) is 0 Å². The fraction of sp³-hybridized carbons (Fsp3) is 0.316. The van der Waals surface area contributed by atoms with Gasteiger partial charge in [0.15, 0.2) is 15.7 Å². The second-order valence-electron chi connectivity index (χ2n) is 7.50. The third-order valence-corrected chi connectivity index (χ3v) is 7.86. The summed E-state index contributed by atoms with van der Waals surface area (Å²) in [5.41, 5.74) is 4.72. The minimum Gasteiger partial charge on any atom is -0.386 e. The van der Waals surface area contributed by atoms with Crippen molar-refractivity contribution in [2.75, 3.05) is 5.75 Å². The smallest absolute Gasteiger partial charge is 0.165 e. The quantitative estimate of drug-likeness (QED) is 0.787. The summed E-state index contributed by atoms with van der Waals surface area (Å²) in [4.78, 5) is 11.9. The van der Waals surface area contributed by atoms with Crippen LogP contribution in [0, 0.1) is 5.82 Å². The Kier molecular flexibility index (Phi) is 5.25. The van der Waals surface area contributed by atoms with Crippen LogP contribution in [0.15, 0.2) is 35.6 Å². The van der Waals surface area contributed by atoms with Crippen molar-refractivity contribution in [2.45, 2.75) is 31.1 Å². The first-order valence-electron chi connectivity index (χ1n) is 8.59. The molecule has 0 bridgehead atoms. The Morgan fingerprint density at radius 3 is 2.52 bits per heavy atom. The van der Waals surface area contributed by atoms with E-state index in [9.17, 15) is 17.2 Å². The zero-order valence-electron chi connectivity index (χ0n) is 15.9. The van der Waals surface area contributed by atoms with Crippen LogP contribution in [0.5, 0.6) is 0 Å². The standard InChI is InChI=1S/C19H19ClF2N4O2S/c1-18(2)17(23)26-19(3,10-29(18,27)28)12-6-11(4-5-13(12)21)7-14(22)15-8-25-16(20)9-24-15/h4-9H,10H2,1-3H3,(H2,23,26). The van der Waals surface area contributed by atoms with Crippen LogP contribution in [-0.2, 0) is 15.4 Å². The number of benzene rings is 1. The molecule has 2 aromatic rings. The van der Waals surface area contributed by atoms with Gasteiger partial charge in [-0.25, -0.2) is 27.2 Å². The number of nitrogens with zero attached hydrogens (tertiary/aromatic N) is 3. The van der Waals surface area contributed by atoms with Gasteiger partial charge in [-0.15, -0.1) is 0 Å². The van der Waals surface area contributed by atoms with E-state index >= 15 is 0 Å². The second kappa shape index (κ2) is 7.14. The molecule has 2 heterocycles. The van der Waals surface area contributed by atoms with Crippen LogP contribution in [-0.4, -0.2) is 34.7 Å². The van der Waals surface area contributed by atoms with E-state index in [0.717, 1.165) is 12.1 Å². The lowest BCUT2D eigenvalue weighted by molar-refractivity contribution is 0.475. The van der Waals surface area contributed by atoms with Crippen molar-refractivity contribution < 1.29 is 17.2 Å². The molecule has 0 amide bonds. The molecule has 0 spiro atoms. The summed E-state index contributed by atoms with van der Waals surface area (Å²) in [6.45, 7) is 4.40. The molecule has 1 aliphatic heterocycles. The van der Waals surface area contributed by atoms with Gasteiger partial charge in [-0.1, -0.05) is 17.7 Å². The summed E-state index contributed by atoms with van der Waals surface area (Å²) in [5.74, 6) is -1.91. The summed E-state index contributed by atoms with van der Waals surface area (Å²) >= 11 is 5.64. The van der Waals surface area contributed by atoms with Crippen molar-refractivity contribution in [3.8, 4) is 0 Å². The number of sulfone groups is 1. The van der Waals surface area contributed by atoms with Crippen LogP contribution in [0.3, 0.4) is 0 Å². The van der Waals surface area contributed by atoms with Crippen LogP contribution in [0.4, 0.5) is 8.78 Å². The van der Waals surface area contributed by atoms with Crippen molar-refractivity contribution >= 4 is 39.2 Å². The maximum Gasteiger partial charge on any atom is 0.165 e. The number of rotatable bonds is 3. The van der Waals surface area contributed by atoms with Crippen molar-refractivity contribution in [1.82, 2.24) is 9.97 Å². The molecule has 0 radical (unpaired) electrons. The molecular weight excluding hydrogens is 422 g/mol. The topological polar surface area (TPSA) is 98.3 Å². The molecule has 1 aromatic heterocycles. The average molecular weight is 441 g/mol. The van der Waals surface area contributed by atoms with Crippen molar-refractivity contribution in [1.29, 1.82) is 0 Å². The Morgan fingerprint density at radius 1 is 1.24 bits per heavy atom. The minimum atomic E-state index is -3.71. The Morgan fingerprint density at radius 2 is 1.93 bits per heavy atom. The summed E-state index contributed by atoms with van der Waals surface area (Å²) in [7, 11) is -3.71. The Bertz CT molecular complexity index is 1130. The van der Waals surface area contributed by atoms with Crippen LogP contribution in [0.25, 0.3) is 11.9 Å². The van der Waals surface area contributed by atoms with E-state index in [-0.39, 0.29) is 22.2 Å². The minimum absolute atomic E-state index is 0.00302. The fourth-order valence-corrected chi connectivity index (χ4v) is 4.76. The lowest BCUT2D eigenvalue weighted by Crippen LogP contribution is -2.55. The molecule has 10 heteroatoms. The van der Waals surface area contributed by atoms with E-state index in [4.69, 9.17) is 17.3 Å². The van der Waals surface area contributed by atoms with Gasteiger partial charge in [-0.2, -0.15) is 0 Å². The highest BCUT2D eigenvalue weighted by molar-refractivity contribution is 7.93. The molecule has 1 unspecified atom stereocenters. The molecule has 0 fully saturated rings. The number of hydrogen-bond acceptors (Lipinski definition) is 6. The van der Waals surface area contributed by atoms with Gasteiger partial charge in [0.25, 0.3) is 0 Å². The van der Waals surface area contributed by atoms with Crippen LogP contribution in [0.2, 0.25) is 5.15 Å². The van der Waals surface area contributed by atoms with Gasteiger partial charge in [-0.3, -0.25) is 4.99 Å². The van der Waals surface area contributed by atoms with E-state index < -0.39 is 37.5 Å². The lowest BCUT2D eigenvalue weighted by Gasteiger charge is -2.38. The van der Waals surface area contributed by atoms with E-state index in [1.807, 2.05) is 0 Å². The number of halogens is 3. The first-order chi connectivity index (χ1) is 13.4. The fourth-order valence-electron chi connectivity index (χ4n) is 2.98. The third-order valence-electron chi connectivity index (χ3n) is 4.96. The number of aliphatic imine (C=N–C) groups is 1. The number of nitrogens with two attached hydrogens (primary N) is 1. The molecule has 154 valence electrons. The molecule has 0 aliphatic carbocycles. The predicted octanol–water partition coefficient (Wildman–Crippen LogP) is 3.52. The molecule has 0 saturated heterocycles. The maximum absolute atomic E-state index is 14.6. The van der Waals surface area contributed by atoms with Gasteiger partial charge in [0.2, 0.25) is 0 Å². The largest absolute Gasteiger partial charge is 0.386 e. The number of amidine groups is 1.